The molecule has 2 atom stereocenters. The predicted octanol–water partition coefficient (Wildman–Crippen LogP) is 3.91. The standard InChI is InChI=1S/C17H16FNO/c1-2-19-16(15(18)12-8-4-3-5-9-12)13-10-6-7-11-14(13)17(19)20/h3-11,15-16H,2H2,1H3. The highest BCUT2D eigenvalue weighted by Gasteiger charge is 2.40. The van der Waals surface area contributed by atoms with Crippen molar-refractivity contribution in [3.05, 3.63) is 71.3 Å². The minimum atomic E-state index is -1.20. The summed E-state index contributed by atoms with van der Waals surface area (Å²) < 4.78 is 14.9. The molecule has 102 valence electrons. The van der Waals surface area contributed by atoms with Gasteiger partial charge in [-0.15, -0.1) is 0 Å². The number of hydrogen-bond donors (Lipinski definition) is 0. The minimum absolute atomic E-state index is 0.0771. The third-order valence-corrected chi connectivity index (χ3v) is 3.84. The van der Waals surface area contributed by atoms with E-state index in [1.54, 1.807) is 23.1 Å². The number of halogens is 1. The minimum Gasteiger partial charge on any atom is -0.329 e. The number of benzene rings is 2. The maximum atomic E-state index is 14.9. The number of rotatable bonds is 3. The number of nitrogens with zero attached hydrogens (tertiary/aromatic N) is 1. The van der Waals surface area contributed by atoms with Crippen molar-refractivity contribution in [1.82, 2.24) is 4.90 Å². The average Bonchev–Trinajstić information content (AvgIpc) is 2.80. The van der Waals surface area contributed by atoms with Crippen LogP contribution in [0.15, 0.2) is 54.6 Å². The lowest BCUT2D eigenvalue weighted by atomic mass is 9.96. The van der Waals surface area contributed by atoms with Gasteiger partial charge in [0.25, 0.3) is 5.91 Å². The Morgan fingerprint density at radius 1 is 1.10 bits per heavy atom. The van der Waals surface area contributed by atoms with Crippen LogP contribution in [0.25, 0.3) is 0 Å². The molecule has 0 fully saturated rings. The number of hydrogen-bond acceptors (Lipinski definition) is 1. The first kappa shape index (κ1) is 12.9. The maximum Gasteiger partial charge on any atom is 0.254 e. The average molecular weight is 269 g/mol. The quantitative estimate of drug-likeness (QED) is 0.827. The molecular weight excluding hydrogens is 253 g/mol. The monoisotopic (exact) mass is 269 g/mol. The fraction of sp³-hybridized carbons (Fsp3) is 0.235. The number of amides is 1. The Kier molecular flexibility index (Phi) is 3.26. The van der Waals surface area contributed by atoms with Gasteiger partial charge in [0.2, 0.25) is 0 Å². The van der Waals surface area contributed by atoms with Gasteiger partial charge in [-0.3, -0.25) is 4.79 Å². The first-order valence-electron chi connectivity index (χ1n) is 6.83. The summed E-state index contributed by atoms with van der Waals surface area (Å²) in [6, 6.07) is 15.8. The van der Waals surface area contributed by atoms with Gasteiger partial charge in [-0.05, 0) is 24.1 Å². The summed E-state index contributed by atoms with van der Waals surface area (Å²) in [5.41, 5.74) is 2.02. The van der Waals surface area contributed by atoms with E-state index in [1.807, 2.05) is 43.3 Å². The summed E-state index contributed by atoms with van der Waals surface area (Å²) in [5, 5.41) is 0. The van der Waals surface area contributed by atoms with Gasteiger partial charge >= 0.3 is 0 Å². The Bertz CT molecular complexity index is 626. The van der Waals surface area contributed by atoms with Crippen molar-refractivity contribution in [3.63, 3.8) is 0 Å². The molecule has 0 spiro atoms. The molecule has 0 radical (unpaired) electrons. The molecule has 2 aromatic carbocycles. The van der Waals surface area contributed by atoms with Gasteiger partial charge in [-0.2, -0.15) is 0 Å². The normalized spacial score (nSPS) is 19.0. The number of carbonyl (C=O) groups excluding carboxylic acids is 1. The fourth-order valence-corrected chi connectivity index (χ4v) is 2.87. The van der Waals surface area contributed by atoms with E-state index in [0.717, 1.165) is 5.56 Å². The predicted molar refractivity (Wildman–Crippen MR) is 76.2 cm³/mol. The molecule has 2 aromatic rings. The van der Waals surface area contributed by atoms with E-state index in [4.69, 9.17) is 0 Å². The molecule has 2 unspecified atom stereocenters. The third kappa shape index (κ3) is 1.90. The topological polar surface area (TPSA) is 20.3 Å². The van der Waals surface area contributed by atoms with Crippen molar-refractivity contribution < 1.29 is 9.18 Å². The van der Waals surface area contributed by atoms with Crippen LogP contribution in [0.4, 0.5) is 4.39 Å². The zero-order chi connectivity index (χ0) is 14.1. The highest BCUT2D eigenvalue weighted by atomic mass is 19.1. The Morgan fingerprint density at radius 3 is 2.45 bits per heavy atom. The lowest BCUT2D eigenvalue weighted by Gasteiger charge is -2.27. The van der Waals surface area contributed by atoms with Crippen LogP contribution in [0.5, 0.6) is 0 Å². The molecule has 3 rings (SSSR count). The van der Waals surface area contributed by atoms with Gasteiger partial charge in [0.15, 0.2) is 0 Å². The number of likely N-dealkylation sites (N-methyl/N-ethyl adjacent to an activating group) is 1. The third-order valence-electron chi connectivity index (χ3n) is 3.84. The highest BCUT2D eigenvalue weighted by molar-refractivity contribution is 5.99. The van der Waals surface area contributed by atoms with E-state index < -0.39 is 12.2 Å². The van der Waals surface area contributed by atoms with Crippen molar-refractivity contribution in [3.8, 4) is 0 Å². The second kappa shape index (κ2) is 5.08. The number of alkyl halides is 1. The molecule has 0 bridgehead atoms. The Balaban J connectivity index is 2.05. The number of fused-ring (bicyclic) bond motifs is 1. The summed E-state index contributed by atoms with van der Waals surface area (Å²) in [4.78, 5) is 13.9. The van der Waals surface area contributed by atoms with Crippen LogP contribution in [-0.4, -0.2) is 17.4 Å². The van der Waals surface area contributed by atoms with Crippen LogP contribution in [0.3, 0.4) is 0 Å². The van der Waals surface area contributed by atoms with E-state index >= 15 is 0 Å². The molecule has 1 amide bonds. The van der Waals surface area contributed by atoms with E-state index in [1.165, 1.54) is 0 Å². The number of carbonyl (C=O) groups is 1. The zero-order valence-corrected chi connectivity index (χ0v) is 11.3. The smallest absolute Gasteiger partial charge is 0.254 e. The molecule has 3 heteroatoms. The highest BCUT2D eigenvalue weighted by Crippen LogP contribution is 2.43. The van der Waals surface area contributed by atoms with Crippen LogP contribution in [-0.2, 0) is 0 Å². The van der Waals surface area contributed by atoms with Gasteiger partial charge in [-0.1, -0.05) is 48.5 Å². The van der Waals surface area contributed by atoms with Gasteiger partial charge in [0.1, 0.15) is 6.17 Å². The summed E-state index contributed by atoms with van der Waals surface area (Å²) in [6.07, 6.45) is -1.20. The van der Waals surface area contributed by atoms with Crippen molar-refractivity contribution in [1.29, 1.82) is 0 Å². The Labute approximate surface area is 117 Å². The van der Waals surface area contributed by atoms with Gasteiger partial charge in [-0.25, -0.2) is 4.39 Å². The molecule has 0 aliphatic carbocycles. The van der Waals surface area contributed by atoms with Crippen LogP contribution in [0, 0.1) is 0 Å². The van der Waals surface area contributed by atoms with E-state index in [2.05, 4.69) is 0 Å². The SMILES string of the molecule is CCN1C(=O)c2ccccc2C1C(F)c1ccccc1. The van der Waals surface area contributed by atoms with Gasteiger partial charge < -0.3 is 4.90 Å². The van der Waals surface area contributed by atoms with Crippen molar-refractivity contribution >= 4 is 5.91 Å². The van der Waals surface area contributed by atoms with Gasteiger partial charge in [0, 0.05) is 12.1 Å². The molecular formula is C17H16FNO. The maximum absolute atomic E-state index is 14.9. The van der Waals surface area contributed by atoms with Crippen LogP contribution >= 0.6 is 0 Å². The first-order valence-corrected chi connectivity index (χ1v) is 6.83. The molecule has 1 aliphatic heterocycles. The van der Waals surface area contributed by atoms with E-state index in [0.29, 0.717) is 17.7 Å². The fourth-order valence-electron chi connectivity index (χ4n) is 2.87. The molecule has 0 saturated carbocycles. The summed E-state index contributed by atoms with van der Waals surface area (Å²) in [5.74, 6) is -0.0771. The molecule has 0 N–H and O–H groups in total. The van der Waals surface area contributed by atoms with E-state index in [-0.39, 0.29) is 5.91 Å². The molecule has 0 aromatic heterocycles. The summed E-state index contributed by atoms with van der Waals surface area (Å²) in [7, 11) is 0. The Morgan fingerprint density at radius 2 is 1.75 bits per heavy atom. The molecule has 1 heterocycles. The zero-order valence-electron chi connectivity index (χ0n) is 11.3. The Hall–Kier alpha value is -2.16. The first-order chi connectivity index (χ1) is 9.74. The second-order valence-electron chi connectivity index (χ2n) is 4.94. The lowest BCUT2D eigenvalue weighted by molar-refractivity contribution is 0.0637. The molecule has 0 saturated heterocycles. The van der Waals surface area contributed by atoms with Crippen LogP contribution < -0.4 is 0 Å². The lowest BCUT2D eigenvalue weighted by Crippen LogP contribution is -2.30. The second-order valence-corrected chi connectivity index (χ2v) is 4.94. The van der Waals surface area contributed by atoms with Gasteiger partial charge in [0.05, 0.1) is 6.04 Å². The summed E-state index contributed by atoms with van der Waals surface area (Å²) >= 11 is 0. The molecule has 20 heavy (non-hydrogen) atoms. The van der Waals surface area contributed by atoms with Crippen LogP contribution in [0.1, 0.15) is 40.6 Å². The van der Waals surface area contributed by atoms with Crippen LogP contribution in [0.2, 0.25) is 0 Å². The molecule has 1 aliphatic rings. The van der Waals surface area contributed by atoms with Crippen molar-refractivity contribution in [2.45, 2.75) is 19.1 Å². The van der Waals surface area contributed by atoms with Crippen molar-refractivity contribution in [2.75, 3.05) is 6.54 Å². The summed E-state index contributed by atoms with van der Waals surface area (Å²) in [6.45, 7) is 2.39. The molecule has 2 nitrogen and oxygen atoms in total. The largest absolute Gasteiger partial charge is 0.329 e. The van der Waals surface area contributed by atoms with Crippen molar-refractivity contribution in [2.24, 2.45) is 0 Å². The van der Waals surface area contributed by atoms with E-state index in [9.17, 15) is 9.18 Å².